The quantitative estimate of drug-likeness (QED) is 0.831. The Morgan fingerprint density at radius 1 is 1.07 bits per heavy atom. The fourth-order valence-electron chi connectivity index (χ4n) is 3.29. The van der Waals surface area contributed by atoms with E-state index in [0.717, 1.165) is 16.9 Å². The van der Waals surface area contributed by atoms with Crippen molar-refractivity contribution in [3.63, 3.8) is 0 Å². The van der Waals surface area contributed by atoms with Crippen LogP contribution in [0.3, 0.4) is 0 Å². The summed E-state index contributed by atoms with van der Waals surface area (Å²) in [4.78, 5) is 14.2. The molecule has 0 aliphatic carbocycles. The number of ether oxygens (including phenoxy) is 2. The molecular formula is C23H27NO4. The smallest absolute Gasteiger partial charge is 0.416 e. The van der Waals surface area contributed by atoms with Crippen molar-refractivity contribution >= 4 is 11.8 Å². The number of hydrogen-bond acceptors (Lipinski definition) is 4. The summed E-state index contributed by atoms with van der Waals surface area (Å²) in [6.07, 6.45) is 0.876. The zero-order chi connectivity index (χ0) is 20.3. The Balaban J connectivity index is 2.00. The molecule has 1 aliphatic heterocycles. The van der Waals surface area contributed by atoms with Gasteiger partial charge in [-0.25, -0.2) is 4.79 Å². The van der Waals surface area contributed by atoms with E-state index in [1.807, 2.05) is 81.4 Å². The molecule has 2 aromatic rings. The second kappa shape index (κ2) is 8.07. The summed E-state index contributed by atoms with van der Waals surface area (Å²) in [5.74, 6) is 0.748. The van der Waals surface area contributed by atoms with E-state index in [1.165, 1.54) is 4.90 Å². The van der Waals surface area contributed by atoms with E-state index in [4.69, 9.17) is 9.47 Å². The molecule has 2 atom stereocenters. The predicted octanol–water partition coefficient (Wildman–Crippen LogP) is 4.78. The van der Waals surface area contributed by atoms with Crippen LogP contribution in [0.5, 0.6) is 5.75 Å². The first kappa shape index (κ1) is 20.0. The van der Waals surface area contributed by atoms with Gasteiger partial charge in [0.05, 0.1) is 12.8 Å². The van der Waals surface area contributed by atoms with Crippen molar-refractivity contribution in [2.45, 2.75) is 44.9 Å². The van der Waals surface area contributed by atoms with Crippen LogP contribution >= 0.6 is 0 Å². The average molecular weight is 381 g/mol. The summed E-state index contributed by atoms with van der Waals surface area (Å²) in [6, 6.07) is 17.4. The van der Waals surface area contributed by atoms with Crippen molar-refractivity contribution < 1.29 is 19.4 Å². The molecule has 3 rings (SSSR count). The van der Waals surface area contributed by atoms with Gasteiger partial charge in [-0.05, 0) is 44.0 Å². The maximum atomic E-state index is 12.8. The molecule has 0 spiro atoms. The van der Waals surface area contributed by atoms with Gasteiger partial charge in [-0.3, -0.25) is 4.90 Å². The van der Waals surface area contributed by atoms with Crippen LogP contribution in [0.25, 0.3) is 5.70 Å². The zero-order valence-corrected chi connectivity index (χ0v) is 16.8. The van der Waals surface area contributed by atoms with Crippen molar-refractivity contribution in [3.05, 3.63) is 71.8 Å². The maximum absolute atomic E-state index is 12.8. The summed E-state index contributed by atoms with van der Waals surface area (Å²) in [7, 11) is 1.63. The molecule has 0 saturated carbocycles. The predicted molar refractivity (Wildman–Crippen MR) is 109 cm³/mol. The molecule has 2 aromatic carbocycles. The molecule has 0 radical (unpaired) electrons. The van der Waals surface area contributed by atoms with Crippen LogP contribution in [0.15, 0.2) is 60.7 Å². The van der Waals surface area contributed by atoms with Gasteiger partial charge in [0, 0.05) is 12.3 Å². The standard InChI is InChI=1S/C23H27NO4/c1-23(2,3)28-22(26)24-20(17-8-6-5-7-9-17)14-18(15-21(24)25)16-10-12-19(27-4)13-11-16/h5-14,18,21,25H,15H2,1-4H3/t18-,21-/m0/s1. The number of aliphatic hydroxyl groups is 1. The topological polar surface area (TPSA) is 59.0 Å². The summed E-state index contributed by atoms with van der Waals surface area (Å²) in [5, 5.41) is 10.9. The third kappa shape index (κ3) is 4.54. The SMILES string of the molecule is COc1ccc([C@H]2C=C(c3ccccc3)N(C(=O)OC(C)(C)C)[C@@H](O)C2)cc1. The first-order chi connectivity index (χ1) is 13.3. The van der Waals surface area contributed by atoms with Crippen LogP contribution in [0.4, 0.5) is 4.79 Å². The number of rotatable bonds is 3. The Morgan fingerprint density at radius 3 is 2.29 bits per heavy atom. The third-order valence-corrected chi connectivity index (χ3v) is 4.59. The van der Waals surface area contributed by atoms with Gasteiger partial charge >= 0.3 is 6.09 Å². The van der Waals surface area contributed by atoms with E-state index in [9.17, 15) is 9.90 Å². The Morgan fingerprint density at radius 2 is 1.71 bits per heavy atom. The van der Waals surface area contributed by atoms with E-state index in [0.29, 0.717) is 12.1 Å². The molecule has 1 aliphatic rings. The summed E-state index contributed by atoms with van der Waals surface area (Å²) in [5.41, 5.74) is 1.91. The lowest BCUT2D eigenvalue weighted by molar-refractivity contribution is -0.0134. The molecule has 0 aromatic heterocycles. The second-order valence-corrected chi connectivity index (χ2v) is 7.86. The number of methoxy groups -OCH3 is 1. The molecule has 1 heterocycles. The van der Waals surface area contributed by atoms with Crippen LogP contribution < -0.4 is 4.74 Å². The largest absolute Gasteiger partial charge is 0.497 e. The average Bonchev–Trinajstić information content (AvgIpc) is 2.66. The molecule has 1 amide bonds. The maximum Gasteiger partial charge on any atom is 0.416 e. The summed E-state index contributed by atoms with van der Waals surface area (Å²) >= 11 is 0. The minimum atomic E-state index is -0.984. The third-order valence-electron chi connectivity index (χ3n) is 4.59. The highest BCUT2D eigenvalue weighted by molar-refractivity contribution is 5.83. The summed E-state index contributed by atoms with van der Waals surface area (Å²) in [6.45, 7) is 5.44. The van der Waals surface area contributed by atoms with Crippen LogP contribution in [-0.2, 0) is 4.74 Å². The van der Waals surface area contributed by atoms with E-state index in [-0.39, 0.29) is 5.92 Å². The van der Waals surface area contributed by atoms with E-state index in [2.05, 4.69) is 0 Å². The molecule has 0 bridgehead atoms. The monoisotopic (exact) mass is 381 g/mol. The molecule has 0 unspecified atom stereocenters. The Kier molecular flexibility index (Phi) is 5.75. The lowest BCUT2D eigenvalue weighted by atomic mass is 9.89. The lowest BCUT2D eigenvalue weighted by Crippen LogP contribution is -2.44. The molecule has 0 saturated heterocycles. The lowest BCUT2D eigenvalue weighted by Gasteiger charge is -2.37. The molecule has 1 N–H and O–H groups in total. The zero-order valence-electron chi connectivity index (χ0n) is 16.8. The number of aliphatic hydroxyl groups excluding tert-OH is 1. The van der Waals surface area contributed by atoms with Gasteiger partial charge in [-0.15, -0.1) is 0 Å². The summed E-state index contributed by atoms with van der Waals surface area (Å²) < 4.78 is 10.8. The highest BCUT2D eigenvalue weighted by Crippen LogP contribution is 2.37. The minimum absolute atomic E-state index is 0.0326. The van der Waals surface area contributed by atoms with Crippen LogP contribution in [0, 0.1) is 0 Å². The number of hydrogen-bond donors (Lipinski definition) is 1. The van der Waals surface area contributed by atoms with Gasteiger partial charge in [0.25, 0.3) is 0 Å². The Labute approximate surface area is 166 Å². The molecule has 148 valence electrons. The van der Waals surface area contributed by atoms with Crippen molar-refractivity contribution in [1.29, 1.82) is 0 Å². The fourth-order valence-corrected chi connectivity index (χ4v) is 3.29. The van der Waals surface area contributed by atoms with Gasteiger partial charge in [0.15, 0.2) is 0 Å². The van der Waals surface area contributed by atoms with Gasteiger partial charge in [0.1, 0.15) is 17.6 Å². The van der Waals surface area contributed by atoms with Crippen LogP contribution in [0.1, 0.15) is 44.2 Å². The van der Waals surface area contributed by atoms with E-state index < -0.39 is 17.9 Å². The van der Waals surface area contributed by atoms with Gasteiger partial charge < -0.3 is 14.6 Å². The molecular weight excluding hydrogens is 354 g/mol. The van der Waals surface area contributed by atoms with Crippen molar-refractivity contribution in [2.24, 2.45) is 0 Å². The Bertz CT molecular complexity index is 837. The number of amides is 1. The number of carbonyl (C=O) groups is 1. The van der Waals surface area contributed by atoms with Crippen molar-refractivity contribution in [2.75, 3.05) is 7.11 Å². The van der Waals surface area contributed by atoms with Crippen LogP contribution in [0.2, 0.25) is 0 Å². The van der Waals surface area contributed by atoms with Gasteiger partial charge in [-0.2, -0.15) is 0 Å². The highest BCUT2D eigenvalue weighted by atomic mass is 16.6. The first-order valence-electron chi connectivity index (χ1n) is 9.40. The molecule has 0 fully saturated rings. The van der Waals surface area contributed by atoms with Crippen molar-refractivity contribution in [3.8, 4) is 5.75 Å². The first-order valence-corrected chi connectivity index (χ1v) is 9.40. The number of allylic oxidation sites excluding steroid dienone is 1. The van der Waals surface area contributed by atoms with Crippen molar-refractivity contribution in [1.82, 2.24) is 4.90 Å². The molecule has 5 nitrogen and oxygen atoms in total. The van der Waals surface area contributed by atoms with Gasteiger partial charge in [-0.1, -0.05) is 48.5 Å². The molecule has 28 heavy (non-hydrogen) atoms. The van der Waals surface area contributed by atoms with E-state index >= 15 is 0 Å². The van der Waals surface area contributed by atoms with Gasteiger partial charge in [0.2, 0.25) is 0 Å². The number of carbonyl (C=O) groups excluding carboxylic acids is 1. The Hall–Kier alpha value is -2.79. The van der Waals surface area contributed by atoms with Crippen LogP contribution in [-0.4, -0.2) is 35.0 Å². The highest BCUT2D eigenvalue weighted by Gasteiger charge is 2.36. The number of nitrogens with zero attached hydrogens (tertiary/aromatic N) is 1. The van der Waals surface area contributed by atoms with E-state index in [1.54, 1.807) is 7.11 Å². The minimum Gasteiger partial charge on any atom is -0.497 e. The number of benzene rings is 2. The molecule has 5 heteroatoms. The normalized spacial score (nSPS) is 19.8. The fraction of sp³-hybridized carbons (Fsp3) is 0.348. The second-order valence-electron chi connectivity index (χ2n) is 7.86.